The average molecular weight is 368 g/mol. The fourth-order valence-electron chi connectivity index (χ4n) is 2.83. The maximum Gasteiger partial charge on any atom is 0.260 e. The van der Waals surface area contributed by atoms with E-state index in [9.17, 15) is 9.59 Å². The Balaban J connectivity index is 1.99. The van der Waals surface area contributed by atoms with Crippen molar-refractivity contribution in [3.05, 3.63) is 65.7 Å². The monoisotopic (exact) mass is 368 g/mol. The number of amides is 2. The topological polar surface area (TPSA) is 72.6 Å². The van der Waals surface area contributed by atoms with Crippen LogP contribution in [0.1, 0.15) is 37.3 Å². The molecule has 0 aromatic heterocycles. The van der Waals surface area contributed by atoms with Gasteiger partial charge in [0.05, 0.1) is 0 Å². The highest BCUT2D eigenvalue weighted by atomic mass is 16.5. The molecule has 0 bridgehead atoms. The van der Waals surface area contributed by atoms with Crippen molar-refractivity contribution in [2.45, 2.75) is 32.6 Å². The molecule has 5 heteroatoms. The third kappa shape index (κ3) is 6.77. The fraction of sp³-hybridized carbons (Fsp3) is 0.364. The Kier molecular flexibility index (Phi) is 7.86. The van der Waals surface area contributed by atoms with Crippen molar-refractivity contribution < 1.29 is 14.3 Å². The third-order valence-electron chi connectivity index (χ3n) is 4.39. The minimum absolute atomic E-state index is 0.0582. The van der Waals surface area contributed by atoms with Crippen molar-refractivity contribution >= 4 is 11.8 Å². The predicted molar refractivity (Wildman–Crippen MR) is 107 cm³/mol. The lowest BCUT2D eigenvalue weighted by atomic mass is 10.0. The fourth-order valence-corrected chi connectivity index (χ4v) is 2.83. The van der Waals surface area contributed by atoms with Crippen LogP contribution < -0.4 is 10.5 Å². The van der Waals surface area contributed by atoms with Crippen LogP contribution in [0.25, 0.3) is 0 Å². The number of hydrogen-bond donors (Lipinski definition) is 1. The molecule has 5 nitrogen and oxygen atoms in total. The molecule has 2 aromatic carbocycles. The van der Waals surface area contributed by atoms with Crippen molar-refractivity contribution in [3.63, 3.8) is 0 Å². The third-order valence-corrected chi connectivity index (χ3v) is 4.39. The van der Waals surface area contributed by atoms with E-state index in [0.29, 0.717) is 25.4 Å². The van der Waals surface area contributed by atoms with E-state index in [1.165, 1.54) is 0 Å². The van der Waals surface area contributed by atoms with E-state index in [1.54, 1.807) is 4.90 Å². The van der Waals surface area contributed by atoms with Crippen LogP contribution in [0.4, 0.5) is 0 Å². The summed E-state index contributed by atoms with van der Waals surface area (Å²) in [5.74, 6) is 0.462. The zero-order valence-corrected chi connectivity index (χ0v) is 16.1. The highest BCUT2D eigenvalue weighted by Gasteiger charge is 2.16. The second-order valence-electron chi connectivity index (χ2n) is 6.81. The quantitative estimate of drug-likeness (QED) is 0.700. The van der Waals surface area contributed by atoms with Crippen LogP contribution in [0.2, 0.25) is 0 Å². The van der Waals surface area contributed by atoms with Gasteiger partial charge >= 0.3 is 0 Å². The number of hydrogen-bond acceptors (Lipinski definition) is 3. The molecule has 0 aliphatic rings. The van der Waals surface area contributed by atoms with Gasteiger partial charge in [0.1, 0.15) is 5.75 Å². The lowest BCUT2D eigenvalue weighted by Gasteiger charge is -2.23. The zero-order valence-electron chi connectivity index (χ0n) is 16.1. The molecule has 0 saturated carbocycles. The number of nitrogens with zero attached hydrogens (tertiary/aromatic N) is 1. The minimum atomic E-state index is -0.418. The van der Waals surface area contributed by atoms with Gasteiger partial charge in [0.25, 0.3) is 5.91 Å². The minimum Gasteiger partial charge on any atom is -0.483 e. The molecular formula is C22H28N2O3. The van der Waals surface area contributed by atoms with Crippen LogP contribution in [-0.4, -0.2) is 36.4 Å². The molecule has 0 aliphatic heterocycles. The number of carbonyl (C=O) groups excluding carboxylic acids is 2. The summed E-state index contributed by atoms with van der Waals surface area (Å²) in [5.41, 5.74) is 7.47. The molecule has 0 saturated heterocycles. The number of benzene rings is 2. The van der Waals surface area contributed by atoms with E-state index in [0.717, 1.165) is 16.9 Å². The summed E-state index contributed by atoms with van der Waals surface area (Å²) in [7, 11) is 0. The highest BCUT2D eigenvalue weighted by Crippen LogP contribution is 2.25. The van der Waals surface area contributed by atoms with Crippen LogP contribution in [-0.2, 0) is 16.0 Å². The molecule has 0 aliphatic carbocycles. The van der Waals surface area contributed by atoms with Gasteiger partial charge in [-0.2, -0.15) is 0 Å². The summed E-state index contributed by atoms with van der Waals surface area (Å²) < 4.78 is 5.79. The first-order valence-electron chi connectivity index (χ1n) is 9.29. The maximum absolute atomic E-state index is 12.7. The Labute approximate surface area is 161 Å². The van der Waals surface area contributed by atoms with Crippen molar-refractivity contribution in [1.82, 2.24) is 4.90 Å². The predicted octanol–water partition coefficient (Wildman–Crippen LogP) is 3.14. The highest BCUT2D eigenvalue weighted by molar-refractivity contribution is 5.79. The molecule has 2 N–H and O–H groups in total. The SMILES string of the molecule is CC(C)c1ccccc1OCC(=O)N(CCC(N)=O)CCc1ccccc1. The van der Waals surface area contributed by atoms with Gasteiger partial charge in [0.2, 0.25) is 5.91 Å². The lowest BCUT2D eigenvalue weighted by Crippen LogP contribution is -2.38. The van der Waals surface area contributed by atoms with Crippen molar-refractivity contribution in [1.29, 1.82) is 0 Å². The van der Waals surface area contributed by atoms with Gasteiger partial charge in [0.15, 0.2) is 6.61 Å². The molecule has 144 valence electrons. The van der Waals surface area contributed by atoms with Crippen molar-refractivity contribution in [2.24, 2.45) is 5.73 Å². The molecular weight excluding hydrogens is 340 g/mol. The van der Waals surface area contributed by atoms with Crippen molar-refractivity contribution in [2.75, 3.05) is 19.7 Å². The number of carbonyl (C=O) groups is 2. The van der Waals surface area contributed by atoms with Crippen LogP contribution in [0.5, 0.6) is 5.75 Å². The first kappa shape index (κ1) is 20.5. The van der Waals surface area contributed by atoms with Gasteiger partial charge in [0, 0.05) is 19.5 Å². The molecule has 0 spiro atoms. The second kappa shape index (κ2) is 10.4. The zero-order chi connectivity index (χ0) is 19.6. The molecule has 27 heavy (non-hydrogen) atoms. The molecule has 0 fully saturated rings. The summed E-state index contributed by atoms with van der Waals surface area (Å²) in [4.78, 5) is 25.5. The van der Waals surface area contributed by atoms with Gasteiger partial charge < -0.3 is 15.4 Å². The van der Waals surface area contributed by atoms with Gasteiger partial charge in [-0.05, 0) is 29.5 Å². The first-order valence-corrected chi connectivity index (χ1v) is 9.29. The number of para-hydroxylation sites is 1. The molecule has 0 radical (unpaired) electrons. The van der Waals surface area contributed by atoms with E-state index in [1.807, 2.05) is 54.6 Å². The van der Waals surface area contributed by atoms with E-state index in [-0.39, 0.29) is 18.9 Å². The Bertz CT molecular complexity index is 744. The molecule has 0 heterocycles. The smallest absolute Gasteiger partial charge is 0.260 e. The Morgan fingerprint density at radius 2 is 1.67 bits per heavy atom. The Morgan fingerprint density at radius 1 is 1.00 bits per heavy atom. The largest absolute Gasteiger partial charge is 0.483 e. The van der Waals surface area contributed by atoms with Crippen LogP contribution >= 0.6 is 0 Å². The standard InChI is InChI=1S/C22H28N2O3/c1-17(2)19-10-6-7-11-20(19)27-16-22(26)24(15-13-21(23)25)14-12-18-8-4-3-5-9-18/h3-11,17H,12-16H2,1-2H3,(H2,23,25). The molecule has 0 atom stereocenters. The molecule has 2 rings (SSSR count). The van der Waals surface area contributed by atoms with E-state index < -0.39 is 5.91 Å². The number of rotatable bonds is 10. The molecule has 0 unspecified atom stereocenters. The normalized spacial score (nSPS) is 10.6. The van der Waals surface area contributed by atoms with Gasteiger partial charge in [-0.3, -0.25) is 9.59 Å². The van der Waals surface area contributed by atoms with Crippen LogP contribution in [0.3, 0.4) is 0 Å². The number of ether oxygens (including phenoxy) is 1. The Morgan fingerprint density at radius 3 is 2.33 bits per heavy atom. The van der Waals surface area contributed by atoms with Gasteiger partial charge in [-0.15, -0.1) is 0 Å². The Hall–Kier alpha value is -2.82. The number of nitrogens with two attached hydrogens (primary N) is 1. The van der Waals surface area contributed by atoms with Crippen LogP contribution in [0.15, 0.2) is 54.6 Å². The van der Waals surface area contributed by atoms with Gasteiger partial charge in [-0.25, -0.2) is 0 Å². The first-order chi connectivity index (χ1) is 13.0. The summed E-state index contributed by atoms with van der Waals surface area (Å²) in [5, 5.41) is 0. The van der Waals surface area contributed by atoms with E-state index >= 15 is 0 Å². The lowest BCUT2D eigenvalue weighted by molar-refractivity contribution is -0.133. The second-order valence-corrected chi connectivity index (χ2v) is 6.81. The summed E-state index contributed by atoms with van der Waals surface area (Å²) in [6.45, 7) is 4.94. The number of primary amides is 1. The van der Waals surface area contributed by atoms with E-state index in [2.05, 4.69) is 13.8 Å². The van der Waals surface area contributed by atoms with Crippen LogP contribution in [0, 0.1) is 0 Å². The summed E-state index contributed by atoms with van der Waals surface area (Å²) in [6.07, 6.45) is 0.858. The van der Waals surface area contributed by atoms with E-state index in [4.69, 9.17) is 10.5 Å². The average Bonchev–Trinajstić information content (AvgIpc) is 2.67. The van der Waals surface area contributed by atoms with Gasteiger partial charge in [-0.1, -0.05) is 62.4 Å². The summed E-state index contributed by atoms with van der Waals surface area (Å²) >= 11 is 0. The molecule has 2 aromatic rings. The molecule has 2 amide bonds. The van der Waals surface area contributed by atoms with Crippen molar-refractivity contribution in [3.8, 4) is 5.75 Å². The maximum atomic E-state index is 12.7. The summed E-state index contributed by atoms with van der Waals surface area (Å²) in [6, 6.07) is 17.7.